The van der Waals surface area contributed by atoms with Crippen LogP contribution in [0.15, 0.2) is 34.9 Å². The van der Waals surface area contributed by atoms with Crippen molar-refractivity contribution in [1.82, 2.24) is 4.98 Å². The molecule has 2 rings (SSSR count). The van der Waals surface area contributed by atoms with E-state index in [2.05, 4.69) is 4.98 Å². The Kier molecular flexibility index (Phi) is 3.70. The summed E-state index contributed by atoms with van der Waals surface area (Å²) in [7, 11) is 3.38. The quantitative estimate of drug-likeness (QED) is 0.888. The van der Waals surface area contributed by atoms with Gasteiger partial charge in [0.15, 0.2) is 5.69 Å². The van der Waals surface area contributed by atoms with E-state index in [1.807, 2.05) is 24.3 Å². The van der Waals surface area contributed by atoms with E-state index >= 15 is 0 Å². The minimum absolute atomic E-state index is 0.104. The molecule has 0 saturated carbocycles. The van der Waals surface area contributed by atoms with E-state index < -0.39 is 5.97 Å². The Labute approximate surface area is 110 Å². The molecule has 6 nitrogen and oxygen atoms in total. The molecule has 0 unspecified atom stereocenters. The predicted molar refractivity (Wildman–Crippen MR) is 68.6 cm³/mol. The summed E-state index contributed by atoms with van der Waals surface area (Å²) in [5, 5.41) is 8.78. The largest absolute Gasteiger partial charge is 0.497 e. The van der Waals surface area contributed by atoms with E-state index in [0.29, 0.717) is 6.54 Å². The van der Waals surface area contributed by atoms with Gasteiger partial charge in [0.25, 0.3) is 6.01 Å². The van der Waals surface area contributed by atoms with Gasteiger partial charge < -0.3 is 19.2 Å². The second-order valence-electron chi connectivity index (χ2n) is 4.03. The number of ether oxygens (including phenoxy) is 1. The van der Waals surface area contributed by atoms with Crippen molar-refractivity contribution in [2.75, 3.05) is 19.1 Å². The molecule has 0 aliphatic heterocycles. The van der Waals surface area contributed by atoms with Crippen LogP contribution in [0.5, 0.6) is 5.75 Å². The smallest absolute Gasteiger partial charge is 0.357 e. The highest BCUT2D eigenvalue weighted by Crippen LogP contribution is 2.18. The van der Waals surface area contributed by atoms with Crippen LogP contribution in [-0.2, 0) is 6.54 Å². The number of rotatable bonds is 5. The van der Waals surface area contributed by atoms with E-state index in [-0.39, 0.29) is 11.7 Å². The van der Waals surface area contributed by atoms with Crippen molar-refractivity contribution in [2.45, 2.75) is 6.54 Å². The molecule has 0 aliphatic rings. The molecular weight excluding hydrogens is 248 g/mol. The van der Waals surface area contributed by atoms with Gasteiger partial charge in [-0.3, -0.25) is 0 Å². The van der Waals surface area contributed by atoms with Crippen LogP contribution in [0.25, 0.3) is 0 Å². The van der Waals surface area contributed by atoms with Gasteiger partial charge in [0.05, 0.1) is 7.11 Å². The van der Waals surface area contributed by atoms with Crippen molar-refractivity contribution in [3.05, 3.63) is 41.8 Å². The normalized spacial score (nSPS) is 10.2. The average molecular weight is 262 g/mol. The molecule has 0 bridgehead atoms. The highest BCUT2D eigenvalue weighted by Gasteiger charge is 2.13. The van der Waals surface area contributed by atoms with E-state index in [4.69, 9.17) is 14.3 Å². The van der Waals surface area contributed by atoms with Crippen LogP contribution in [0.3, 0.4) is 0 Å². The summed E-state index contributed by atoms with van der Waals surface area (Å²) in [6, 6.07) is 7.86. The maximum absolute atomic E-state index is 10.7. The standard InChI is InChI=1S/C13H14N2O4/c1-15(13-14-11(8-19-13)12(16)17)7-9-4-3-5-10(6-9)18-2/h3-6,8H,7H2,1-2H3,(H,16,17). The Morgan fingerprint density at radius 1 is 1.53 bits per heavy atom. The molecule has 0 amide bonds. The first-order valence-corrected chi connectivity index (χ1v) is 5.63. The monoisotopic (exact) mass is 262 g/mol. The first-order valence-electron chi connectivity index (χ1n) is 5.63. The van der Waals surface area contributed by atoms with Crippen LogP contribution in [0, 0.1) is 0 Å². The number of hydrogen-bond acceptors (Lipinski definition) is 5. The molecule has 19 heavy (non-hydrogen) atoms. The van der Waals surface area contributed by atoms with Crippen molar-refractivity contribution in [3.63, 3.8) is 0 Å². The molecule has 1 heterocycles. The topological polar surface area (TPSA) is 75.8 Å². The molecule has 0 radical (unpaired) electrons. The molecule has 0 aliphatic carbocycles. The van der Waals surface area contributed by atoms with Crippen molar-refractivity contribution in [3.8, 4) is 5.75 Å². The zero-order valence-corrected chi connectivity index (χ0v) is 10.7. The molecule has 6 heteroatoms. The highest BCUT2D eigenvalue weighted by atomic mass is 16.5. The highest BCUT2D eigenvalue weighted by molar-refractivity contribution is 5.85. The van der Waals surface area contributed by atoms with Crippen LogP contribution >= 0.6 is 0 Å². The number of carboxylic acid groups (broad SMARTS) is 1. The Bertz CT molecular complexity index is 580. The van der Waals surface area contributed by atoms with Gasteiger partial charge in [0.1, 0.15) is 12.0 Å². The van der Waals surface area contributed by atoms with E-state index in [1.165, 1.54) is 0 Å². The lowest BCUT2D eigenvalue weighted by molar-refractivity contribution is 0.0690. The zero-order chi connectivity index (χ0) is 13.8. The van der Waals surface area contributed by atoms with Crippen LogP contribution in [0.2, 0.25) is 0 Å². The lowest BCUT2D eigenvalue weighted by atomic mass is 10.2. The Balaban J connectivity index is 2.10. The van der Waals surface area contributed by atoms with Crippen molar-refractivity contribution < 1.29 is 19.1 Å². The fourth-order valence-corrected chi connectivity index (χ4v) is 1.65. The molecule has 0 atom stereocenters. The minimum atomic E-state index is -1.11. The van der Waals surface area contributed by atoms with Gasteiger partial charge in [0, 0.05) is 13.6 Å². The van der Waals surface area contributed by atoms with E-state index in [1.54, 1.807) is 19.1 Å². The summed E-state index contributed by atoms with van der Waals surface area (Å²) < 4.78 is 10.3. The molecule has 1 aromatic heterocycles. The third-order valence-corrected chi connectivity index (χ3v) is 2.59. The second kappa shape index (κ2) is 5.43. The van der Waals surface area contributed by atoms with Gasteiger partial charge >= 0.3 is 5.97 Å². The SMILES string of the molecule is COc1cccc(CN(C)c2nc(C(=O)O)co2)c1. The number of aromatic carboxylic acids is 1. The van der Waals surface area contributed by atoms with E-state index in [0.717, 1.165) is 17.6 Å². The number of oxazole rings is 1. The molecule has 1 aromatic carbocycles. The van der Waals surface area contributed by atoms with Crippen molar-refractivity contribution in [1.29, 1.82) is 0 Å². The average Bonchev–Trinajstić information content (AvgIpc) is 2.89. The Morgan fingerprint density at radius 3 is 2.95 bits per heavy atom. The lowest BCUT2D eigenvalue weighted by Gasteiger charge is -2.14. The second-order valence-corrected chi connectivity index (χ2v) is 4.03. The lowest BCUT2D eigenvalue weighted by Crippen LogP contribution is -2.17. The van der Waals surface area contributed by atoms with Crippen LogP contribution in [0.1, 0.15) is 16.1 Å². The molecule has 1 N–H and O–H groups in total. The summed E-state index contributed by atoms with van der Waals surface area (Å²) in [6.07, 6.45) is 1.12. The number of anilines is 1. The van der Waals surface area contributed by atoms with Crippen molar-refractivity contribution in [2.24, 2.45) is 0 Å². The van der Waals surface area contributed by atoms with Gasteiger partial charge in [-0.1, -0.05) is 12.1 Å². The molecule has 2 aromatic rings. The minimum Gasteiger partial charge on any atom is -0.497 e. The summed E-state index contributed by atoms with van der Waals surface area (Å²) in [5.41, 5.74) is 0.907. The fourth-order valence-electron chi connectivity index (χ4n) is 1.65. The molecule has 0 spiro atoms. The number of aromatic nitrogens is 1. The van der Waals surface area contributed by atoms with Gasteiger partial charge in [-0.05, 0) is 17.7 Å². The van der Waals surface area contributed by atoms with Crippen LogP contribution in [0.4, 0.5) is 6.01 Å². The number of hydrogen-bond donors (Lipinski definition) is 1. The van der Waals surface area contributed by atoms with Gasteiger partial charge in [0.2, 0.25) is 0 Å². The first-order chi connectivity index (χ1) is 9.10. The fraction of sp³-hybridized carbons (Fsp3) is 0.231. The number of nitrogens with zero attached hydrogens (tertiary/aromatic N) is 2. The molecule has 100 valence electrons. The maximum atomic E-state index is 10.7. The summed E-state index contributed by atoms with van der Waals surface area (Å²) in [5.74, 6) is -0.339. The van der Waals surface area contributed by atoms with E-state index in [9.17, 15) is 4.79 Å². The van der Waals surface area contributed by atoms with Gasteiger partial charge in [-0.15, -0.1) is 0 Å². The first kappa shape index (κ1) is 12.9. The zero-order valence-electron chi connectivity index (χ0n) is 10.7. The van der Waals surface area contributed by atoms with Crippen LogP contribution in [-0.4, -0.2) is 30.2 Å². The predicted octanol–water partition coefficient (Wildman–Crippen LogP) is 2.02. The van der Waals surface area contributed by atoms with Crippen molar-refractivity contribution >= 4 is 12.0 Å². The van der Waals surface area contributed by atoms with Gasteiger partial charge in [-0.25, -0.2) is 4.79 Å². The Morgan fingerprint density at radius 2 is 2.32 bits per heavy atom. The number of carbonyl (C=O) groups is 1. The third-order valence-electron chi connectivity index (χ3n) is 2.59. The number of benzene rings is 1. The summed E-state index contributed by atoms with van der Waals surface area (Å²) in [4.78, 5) is 16.3. The van der Waals surface area contributed by atoms with Crippen LogP contribution < -0.4 is 9.64 Å². The molecule has 0 saturated heterocycles. The summed E-state index contributed by atoms with van der Waals surface area (Å²) >= 11 is 0. The Hall–Kier alpha value is -2.50. The third kappa shape index (κ3) is 3.04. The molecular formula is C13H14N2O4. The number of methoxy groups -OCH3 is 1. The number of carboxylic acids is 1. The maximum Gasteiger partial charge on any atom is 0.357 e. The molecule has 0 fully saturated rings. The summed E-state index contributed by atoms with van der Waals surface area (Å²) in [6.45, 7) is 0.538. The van der Waals surface area contributed by atoms with Gasteiger partial charge in [-0.2, -0.15) is 4.98 Å².